The molecule has 1 aliphatic heterocycles. The third kappa shape index (κ3) is 7.96. The molecule has 0 fully saturated rings. The first kappa shape index (κ1) is 28.5. The fraction of sp³-hybridized carbons (Fsp3) is 0.182. The van der Waals surface area contributed by atoms with E-state index in [4.69, 9.17) is 16.7 Å². The maximum atomic E-state index is 8.03. The Bertz CT molecular complexity index is 1470. The summed E-state index contributed by atoms with van der Waals surface area (Å²) in [5.74, 6) is 1.51. The topological polar surface area (TPSA) is 195 Å². The van der Waals surface area contributed by atoms with Gasteiger partial charge in [-0.1, -0.05) is 23.9 Å². The highest BCUT2D eigenvalue weighted by molar-refractivity contribution is 8.38. The summed E-state index contributed by atoms with van der Waals surface area (Å²) in [5, 5.41) is 12.8. The number of nitrogens with two attached hydrogens (primary N) is 2. The lowest BCUT2D eigenvalue weighted by atomic mass is 10.2. The zero-order valence-electron chi connectivity index (χ0n) is 20.6. The van der Waals surface area contributed by atoms with E-state index < -0.39 is 0 Å². The maximum absolute atomic E-state index is 8.03. The molecule has 194 valence electrons. The molecule has 5 heterocycles. The molecule has 0 aromatic carbocycles. The molecular formula is C22H23N13S3. The van der Waals surface area contributed by atoms with Gasteiger partial charge in [0.2, 0.25) is 23.9 Å². The Balaban J connectivity index is 0.000000173. The summed E-state index contributed by atoms with van der Waals surface area (Å²) in [6.45, 7) is 0.544. The van der Waals surface area contributed by atoms with Crippen LogP contribution in [0.15, 0.2) is 68.9 Å². The van der Waals surface area contributed by atoms with Gasteiger partial charge >= 0.3 is 0 Å². The van der Waals surface area contributed by atoms with Crippen molar-refractivity contribution in [3.8, 4) is 17.7 Å². The van der Waals surface area contributed by atoms with Crippen molar-refractivity contribution in [3.63, 3.8) is 0 Å². The van der Waals surface area contributed by atoms with Crippen molar-refractivity contribution in [2.24, 2.45) is 20.7 Å². The van der Waals surface area contributed by atoms with Gasteiger partial charge in [0.05, 0.1) is 18.0 Å². The molecule has 13 nitrogen and oxygen atoms in total. The molecule has 0 spiro atoms. The molecule has 5 rings (SSSR count). The van der Waals surface area contributed by atoms with Crippen molar-refractivity contribution in [3.05, 3.63) is 54.5 Å². The Hall–Kier alpha value is -4.07. The first-order valence-electron chi connectivity index (χ1n) is 10.7. The fourth-order valence-corrected chi connectivity index (χ4v) is 4.02. The smallest absolute Gasteiger partial charge is 0.258 e. The summed E-state index contributed by atoms with van der Waals surface area (Å²) in [6, 6.07) is 11.2. The summed E-state index contributed by atoms with van der Waals surface area (Å²) in [5.41, 5.74) is 13.6. The first-order valence-corrected chi connectivity index (χ1v) is 14.4. The van der Waals surface area contributed by atoms with Crippen LogP contribution in [0.2, 0.25) is 0 Å². The zero-order valence-corrected chi connectivity index (χ0v) is 23.1. The highest BCUT2D eigenvalue weighted by atomic mass is 32.2. The van der Waals surface area contributed by atoms with Gasteiger partial charge in [0.15, 0.2) is 5.16 Å². The number of hydrogen-bond donors (Lipinski definition) is 2. The summed E-state index contributed by atoms with van der Waals surface area (Å²) >= 11 is 4.37. The molecule has 16 heteroatoms. The van der Waals surface area contributed by atoms with E-state index in [2.05, 4.69) is 45.0 Å². The standard InChI is InChI=1S/C10H9N7S.C8H8N4.C4H6N2S2/c1-18-10-14-8(11)17-9(15-10)13-7(16-17)6-4-2-3-5-12-6;9-8-11-5-7(12-8)6-3-1-2-4-10-6;1-7-4(8-2)6-3-5/h2-5H,1H3,(H2,11,13,14,15,16);1-4H,5H2,(H2,9,11);1-2H3. The SMILES string of the molecule is CSC(=NC#N)SC.CSc1nc(N)n2nc(-c3ccccn3)nc2n1.NC1=NCC(c2ccccn2)=N1. The van der Waals surface area contributed by atoms with Gasteiger partial charge in [0.25, 0.3) is 5.78 Å². The first-order chi connectivity index (χ1) is 18.5. The van der Waals surface area contributed by atoms with E-state index in [1.165, 1.54) is 39.8 Å². The van der Waals surface area contributed by atoms with Gasteiger partial charge < -0.3 is 11.5 Å². The van der Waals surface area contributed by atoms with E-state index in [-0.39, 0.29) is 5.95 Å². The van der Waals surface area contributed by atoms with Gasteiger partial charge in [0.1, 0.15) is 10.1 Å². The van der Waals surface area contributed by atoms with Crippen LogP contribution < -0.4 is 11.5 Å². The van der Waals surface area contributed by atoms with Crippen LogP contribution in [0.5, 0.6) is 0 Å². The lowest BCUT2D eigenvalue weighted by molar-refractivity contribution is 0.850. The van der Waals surface area contributed by atoms with Crippen molar-refractivity contribution < 1.29 is 0 Å². The highest BCUT2D eigenvalue weighted by Crippen LogP contribution is 2.16. The predicted octanol–water partition coefficient (Wildman–Crippen LogP) is 2.63. The number of thioether (sulfide) groups is 3. The minimum atomic E-state index is 0.263. The molecule has 0 atom stereocenters. The number of hydrogen-bond acceptors (Lipinski definition) is 15. The van der Waals surface area contributed by atoms with E-state index >= 15 is 0 Å². The quantitative estimate of drug-likeness (QED) is 0.160. The largest absolute Gasteiger partial charge is 0.368 e. The van der Waals surface area contributed by atoms with Gasteiger partial charge in [-0.05, 0) is 43.0 Å². The third-order valence-electron chi connectivity index (χ3n) is 4.38. The molecule has 0 aliphatic carbocycles. The monoisotopic (exact) mass is 565 g/mol. The van der Waals surface area contributed by atoms with Crippen LogP contribution in [0.3, 0.4) is 0 Å². The van der Waals surface area contributed by atoms with Crippen LogP contribution in [-0.4, -0.2) is 75.9 Å². The van der Waals surface area contributed by atoms with E-state index in [0.29, 0.717) is 35.0 Å². The van der Waals surface area contributed by atoms with Crippen molar-refractivity contribution >= 4 is 63.1 Å². The molecule has 1 aliphatic rings. The number of nitriles is 1. The van der Waals surface area contributed by atoms with E-state index in [1.807, 2.05) is 55.2 Å². The van der Waals surface area contributed by atoms with Crippen molar-refractivity contribution in [2.45, 2.75) is 5.16 Å². The Morgan fingerprint density at radius 3 is 2.16 bits per heavy atom. The molecule has 0 bridgehead atoms. The van der Waals surface area contributed by atoms with Gasteiger partial charge in [-0.15, -0.1) is 28.6 Å². The van der Waals surface area contributed by atoms with Crippen LogP contribution in [0.25, 0.3) is 17.3 Å². The third-order valence-corrected chi connectivity index (χ3v) is 6.81. The van der Waals surface area contributed by atoms with E-state index in [0.717, 1.165) is 15.8 Å². The molecule has 0 amide bonds. The summed E-state index contributed by atoms with van der Waals surface area (Å²) in [6.07, 6.45) is 10.8. The summed E-state index contributed by atoms with van der Waals surface area (Å²) in [7, 11) is 0. The lowest BCUT2D eigenvalue weighted by Crippen LogP contribution is -2.06. The Morgan fingerprint density at radius 2 is 1.66 bits per heavy atom. The van der Waals surface area contributed by atoms with Crippen molar-refractivity contribution in [1.82, 2.24) is 34.5 Å². The zero-order chi connectivity index (χ0) is 27.3. The van der Waals surface area contributed by atoms with E-state index in [1.54, 1.807) is 18.6 Å². The number of anilines is 1. The number of fused-ring (bicyclic) bond motifs is 1. The summed E-state index contributed by atoms with van der Waals surface area (Å²) < 4.78 is 2.22. The highest BCUT2D eigenvalue weighted by Gasteiger charge is 2.12. The fourth-order valence-electron chi connectivity index (χ4n) is 2.73. The second kappa shape index (κ2) is 14.6. The molecular weight excluding hydrogens is 543 g/mol. The Kier molecular flexibility index (Phi) is 11.0. The number of rotatable bonds is 3. The van der Waals surface area contributed by atoms with Crippen molar-refractivity contribution in [2.75, 3.05) is 31.0 Å². The molecule has 0 radical (unpaired) electrons. The van der Waals surface area contributed by atoms with Gasteiger partial charge in [-0.25, -0.2) is 9.98 Å². The van der Waals surface area contributed by atoms with Crippen LogP contribution >= 0.6 is 35.3 Å². The van der Waals surface area contributed by atoms with Gasteiger partial charge in [0, 0.05) is 12.4 Å². The van der Waals surface area contributed by atoms with Crippen LogP contribution in [0.4, 0.5) is 5.95 Å². The maximum Gasteiger partial charge on any atom is 0.258 e. The van der Waals surface area contributed by atoms with Gasteiger partial charge in [-0.3, -0.25) is 9.97 Å². The molecule has 0 unspecified atom stereocenters. The Labute approximate surface area is 231 Å². The number of pyridine rings is 2. The number of nitrogen functional groups attached to an aromatic ring is 1. The van der Waals surface area contributed by atoms with Crippen LogP contribution in [-0.2, 0) is 0 Å². The average molecular weight is 566 g/mol. The van der Waals surface area contributed by atoms with Crippen molar-refractivity contribution in [1.29, 1.82) is 5.26 Å². The van der Waals surface area contributed by atoms with Gasteiger partial charge in [-0.2, -0.15) is 29.7 Å². The predicted molar refractivity (Wildman–Crippen MR) is 155 cm³/mol. The Morgan fingerprint density at radius 1 is 0.974 bits per heavy atom. The second-order valence-electron chi connectivity index (χ2n) is 6.76. The summed E-state index contributed by atoms with van der Waals surface area (Å²) in [4.78, 5) is 32.4. The number of nitrogens with zero attached hydrogens (tertiary/aromatic N) is 11. The number of aliphatic imine (C=N–C) groups is 3. The lowest BCUT2D eigenvalue weighted by Gasteiger charge is -1.97. The second-order valence-corrected chi connectivity index (χ2v) is 9.39. The molecule has 4 aromatic rings. The molecule has 4 aromatic heterocycles. The van der Waals surface area contributed by atoms with E-state index in [9.17, 15) is 0 Å². The normalized spacial score (nSPS) is 11.7. The molecule has 38 heavy (non-hydrogen) atoms. The molecule has 4 N–H and O–H groups in total. The van der Waals surface area contributed by atoms with Crippen LogP contribution in [0, 0.1) is 11.5 Å². The molecule has 0 saturated carbocycles. The minimum absolute atomic E-state index is 0.263. The number of guanidine groups is 1. The average Bonchev–Trinajstić information content (AvgIpc) is 3.60. The van der Waals surface area contributed by atoms with Crippen LogP contribution in [0.1, 0.15) is 5.69 Å². The number of aromatic nitrogens is 7. The molecule has 0 saturated heterocycles. The minimum Gasteiger partial charge on any atom is -0.368 e.